The van der Waals surface area contributed by atoms with Gasteiger partial charge in [-0.3, -0.25) is 5.43 Å². The molecule has 0 spiro atoms. The Kier molecular flexibility index (Phi) is 5.15. The molecule has 0 aliphatic carbocycles. The van der Waals surface area contributed by atoms with Crippen LogP contribution in [-0.2, 0) is 0 Å². The third-order valence-electron chi connectivity index (χ3n) is 2.66. The zero-order valence-electron chi connectivity index (χ0n) is 11.1. The van der Waals surface area contributed by atoms with E-state index < -0.39 is 0 Å². The van der Waals surface area contributed by atoms with E-state index in [4.69, 9.17) is 5.84 Å². The minimum absolute atomic E-state index is 0.400. The van der Waals surface area contributed by atoms with Crippen LogP contribution in [0.25, 0.3) is 0 Å². The van der Waals surface area contributed by atoms with Crippen molar-refractivity contribution in [3.05, 3.63) is 11.8 Å². The molecule has 0 fully saturated rings. The van der Waals surface area contributed by atoms with Crippen LogP contribution in [0.2, 0.25) is 0 Å². The molecule has 1 rings (SSSR count). The average Bonchev–Trinajstić information content (AvgIpc) is 2.29. The van der Waals surface area contributed by atoms with Crippen LogP contribution in [-0.4, -0.2) is 16.0 Å². The first-order valence-corrected chi connectivity index (χ1v) is 6.09. The Bertz CT molecular complexity index is 351. The largest absolute Gasteiger partial charge is 0.367 e. The summed E-state index contributed by atoms with van der Waals surface area (Å²) in [7, 11) is 0. The van der Waals surface area contributed by atoms with Crippen LogP contribution in [0.3, 0.4) is 0 Å². The van der Waals surface area contributed by atoms with E-state index in [1.165, 1.54) is 6.42 Å². The summed E-state index contributed by atoms with van der Waals surface area (Å²) in [6.07, 6.45) is 4.10. The van der Waals surface area contributed by atoms with Crippen molar-refractivity contribution in [3.63, 3.8) is 0 Å². The molecule has 1 atom stereocenters. The van der Waals surface area contributed by atoms with Crippen molar-refractivity contribution in [2.75, 3.05) is 10.7 Å². The maximum Gasteiger partial charge on any atom is 0.239 e. The number of hydrazine groups is 1. The van der Waals surface area contributed by atoms with E-state index in [0.29, 0.717) is 12.0 Å². The molecule has 0 amide bonds. The molecule has 0 saturated carbocycles. The molecule has 0 radical (unpaired) electrons. The highest BCUT2D eigenvalue weighted by atomic mass is 15.3. The van der Waals surface area contributed by atoms with Crippen LogP contribution in [0, 0.1) is 12.8 Å². The molecule has 0 aliphatic heterocycles. The lowest BCUT2D eigenvalue weighted by atomic mass is 10.0. The van der Waals surface area contributed by atoms with E-state index in [9.17, 15) is 0 Å². The summed E-state index contributed by atoms with van der Waals surface area (Å²) < 4.78 is 0. The van der Waals surface area contributed by atoms with Crippen LogP contribution >= 0.6 is 0 Å². The summed E-state index contributed by atoms with van der Waals surface area (Å²) in [6, 6.07) is 0.400. The van der Waals surface area contributed by atoms with Crippen LogP contribution in [0.1, 0.15) is 39.2 Å². The van der Waals surface area contributed by atoms with Gasteiger partial charge in [-0.05, 0) is 32.6 Å². The van der Waals surface area contributed by atoms with Gasteiger partial charge < -0.3 is 5.32 Å². The number of hydrogen-bond acceptors (Lipinski definition) is 5. The van der Waals surface area contributed by atoms with Crippen molar-refractivity contribution in [3.8, 4) is 0 Å². The summed E-state index contributed by atoms with van der Waals surface area (Å²) in [4.78, 5) is 8.35. The van der Waals surface area contributed by atoms with E-state index >= 15 is 0 Å². The van der Waals surface area contributed by atoms with Crippen LogP contribution < -0.4 is 16.6 Å². The monoisotopic (exact) mass is 237 g/mol. The number of aromatic nitrogens is 2. The standard InChI is InChI=1S/C12H23N5/c1-8(2)5-6-10(4)15-11-9(3)7-14-12(16-11)17-13/h7-8,10H,5-6,13H2,1-4H3,(H2,14,15,16,17). The lowest BCUT2D eigenvalue weighted by molar-refractivity contribution is 0.527. The second-order valence-corrected chi connectivity index (χ2v) is 4.89. The summed E-state index contributed by atoms with van der Waals surface area (Å²) in [5, 5.41) is 3.39. The number of hydrogen-bond donors (Lipinski definition) is 3. The predicted octanol–water partition coefficient (Wildman–Crippen LogP) is 2.31. The van der Waals surface area contributed by atoms with Crippen LogP contribution in [0.5, 0.6) is 0 Å². The smallest absolute Gasteiger partial charge is 0.239 e. The first-order chi connectivity index (χ1) is 8.02. The van der Waals surface area contributed by atoms with E-state index in [2.05, 4.69) is 41.5 Å². The van der Waals surface area contributed by atoms with Crippen molar-refractivity contribution in [1.82, 2.24) is 9.97 Å². The predicted molar refractivity (Wildman–Crippen MR) is 71.7 cm³/mol. The molecule has 96 valence electrons. The van der Waals surface area contributed by atoms with Gasteiger partial charge in [-0.25, -0.2) is 10.8 Å². The van der Waals surface area contributed by atoms with Crippen molar-refractivity contribution in [2.45, 2.75) is 46.6 Å². The molecule has 1 aromatic heterocycles. The van der Waals surface area contributed by atoms with E-state index in [0.717, 1.165) is 23.7 Å². The van der Waals surface area contributed by atoms with E-state index in [1.807, 2.05) is 6.92 Å². The fraction of sp³-hybridized carbons (Fsp3) is 0.667. The molecular weight excluding hydrogens is 214 g/mol. The maximum atomic E-state index is 5.30. The number of aryl methyl sites for hydroxylation is 1. The normalized spacial score (nSPS) is 12.6. The third-order valence-corrected chi connectivity index (χ3v) is 2.66. The van der Waals surface area contributed by atoms with Gasteiger partial charge in [0.15, 0.2) is 0 Å². The van der Waals surface area contributed by atoms with Gasteiger partial charge in [0.1, 0.15) is 5.82 Å². The number of nitrogen functional groups attached to an aromatic ring is 1. The SMILES string of the molecule is Cc1cnc(NN)nc1NC(C)CCC(C)C. The minimum atomic E-state index is 0.400. The topological polar surface area (TPSA) is 75.9 Å². The Morgan fingerprint density at radius 2 is 2.00 bits per heavy atom. The van der Waals surface area contributed by atoms with Crippen molar-refractivity contribution < 1.29 is 0 Å². The summed E-state index contributed by atoms with van der Waals surface area (Å²) >= 11 is 0. The lowest BCUT2D eigenvalue weighted by Crippen LogP contribution is -2.19. The van der Waals surface area contributed by atoms with Gasteiger partial charge in [-0.1, -0.05) is 13.8 Å². The fourth-order valence-electron chi connectivity index (χ4n) is 1.55. The Labute approximate surface area is 103 Å². The van der Waals surface area contributed by atoms with Gasteiger partial charge in [-0.2, -0.15) is 4.98 Å². The third kappa shape index (κ3) is 4.56. The zero-order chi connectivity index (χ0) is 12.8. The van der Waals surface area contributed by atoms with E-state index in [1.54, 1.807) is 6.20 Å². The molecule has 0 aliphatic rings. The molecule has 1 aromatic rings. The molecule has 5 nitrogen and oxygen atoms in total. The molecule has 4 N–H and O–H groups in total. The molecule has 0 aromatic carbocycles. The highest BCUT2D eigenvalue weighted by Crippen LogP contribution is 2.15. The van der Waals surface area contributed by atoms with Gasteiger partial charge in [0.2, 0.25) is 5.95 Å². The minimum Gasteiger partial charge on any atom is -0.367 e. The van der Waals surface area contributed by atoms with Gasteiger partial charge >= 0.3 is 0 Å². The molecule has 1 unspecified atom stereocenters. The van der Waals surface area contributed by atoms with Crippen LogP contribution in [0.15, 0.2) is 6.20 Å². The first kappa shape index (κ1) is 13.7. The van der Waals surface area contributed by atoms with Gasteiger partial charge in [0.05, 0.1) is 0 Å². The average molecular weight is 237 g/mol. The molecule has 1 heterocycles. The first-order valence-electron chi connectivity index (χ1n) is 6.09. The highest BCUT2D eigenvalue weighted by Gasteiger charge is 2.08. The number of nitrogens with one attached hydrogen (secondary N) is 2. The molecular formula is C12H23N5. The van der Waals surface area contributed by atoms with Gasteiger partial charge in [0.25, 0.3) is 0 Å². The molecule has 0 saturated heterocycles. The Hall–Kier alpha value is -1.36. The fourth-order valence-corrected chi connectivity index (χ4v) is 1.55. The summed E-state index contributed by atoms with van der Waals surface area (Å²) in [5.74, 6) is 7.31. The van der Waals surface area contributed by atoms with Gasteiger partial charge in [-0.15, -0.1) is 0 Å². The van der Waals surface area contributed by atoms with Crippen molar-refractivity contribution in [2.24, 2.45) is 11.8 Å². The molecule has 17 heavy (non-hydrogen) atoms. The summed E-state index contributed by atoms with van der Waals surface area (Å²) in [5.41, 5.74) is 3.48. The second kappa shape index (κ2) is 6.39. The number of rotatable bonds is 6. The maximum absolute atomic E-state index is 5.30. The molecule has 5 heteroatoms. The quantitative estimate of drug-likeness (QED) is 0.523. The zero-order valence-corrected chi connectivity index (χ0v) is 11.1. The summed E-state index contributed by atoms with van der Waals surface area (Å²) in [6.45, 7) is 8.62. The van der Waals surface area contributed by atoms with E-state index in [-0.39, 0.29) is 0 Å². The van der Waals surface area contributed by atoms with Gasteiger partial charge in [0, 0.05) is 17.8 Å². The highest BCUT2D eigenvalue weighted by molar-refractivity contribution is 5.46. The molecule has 0 bridgehead atoms. The Morgan fingerprint density at radius 1 is 1.29 bits per heavy atom. The number of nitrogens with two attached hydrogens (primary N) is 1. The number of anilines is 2. The second-order valence-electron chi connectivity index (χ2n) is 4.89. The lowest BCUT2D eigenvalue weighted by Gasteiger charge is -2.17. The Morgan fingerprint density at radius 3 is 2.59 bits per heavy atom. The van der Waals surface area contributed by atoms with Crippen molar-refractivity contribution >= 4 is 11.8 Å². The van der Waals surface area contributed by atoms with Crippen LogP contribution in [0.4, 0.5) is 11.8 Å². The Balaban J connectivity index is 2.60. The number of nitrogens with zero attached hydrogens (tertiary/aromatic N) is 2. The van der Waals surface area contributed by atoms with Crippen molar-refractivity contribution in [1.29, 1.82) is 0 Å².